The summed E-state index contributed by atoms with van der Waals surface area (Å²) in [5, 5.41) is 10.4. The van der Waals surface area contributed by atoms with Gasteiger partial charge < -0.3 is 10.7 Å². The number of aliphatic imine (C=N–C) groups is 1. The molecule has 146 valence electrons. The average Bonchev–Trinajstić information content (AvgIpc) is 2.73. The molecule has 0 aliphatic carbocycles. The molecule has 0 saturated carbocycles. The molecule has 0 aliphatic heterocycles. The van der Waals surface area contributed by atoms with E-state index in [4.69, 9.17) is 5.41 Å². The number of pyridine rings is 2. The fraction of sp³-hybridized carbons (Fsp3) is 0.174. The minimum Gasteiger partial charge on any atom is -0.312 e. The highest BCUT2D eigenvalue weighted by Gasteiger charge is 2.12. The maximum atomic E-state index is 12.4. The van der Waals surface area contributed by atoms with E-state index in [2.05, 4.69) is 26.3 Å². The van der Waals surface area contributed by atoms with Gasteiger partial charge in [0.2, 0.25) is 0 Å². The molecule has 3 rings (SSSR count). The molecule has 0 saturated heterocycles. The number of aromatic nitrogens is 2. The number of benzene rings is 1. The van der Waals surface area contributed by atoms with Crippen LogP contribution in [0.15, 0.2) is 60.0 Å². The third-order valence-electron chi connectivity index (χ3n) is 4.74. The van der Waals surface area contributed by atoms with Gasteiger partial charge in [-0.1, -0.05) is 12.1 Å². The van der Waals surface area contributed by atoms with Crippen LogP contribution in [0.1, 0.15) is 33.0 Å². The van der Waals surface area contributed by atoms with E-state index in [1.54, 1.807) is 44.0 Å². The Labute approximate surface area is 170 Å². The molecular weight excluding hydrogens is 362 g/mol. The second kappa shape index (κ2) is 9.01. The first kappa shape index (κ1) is 20.1. The van der Waals surface area contributed by atoms with Crippen LogP contribution in [-0.4, -0.2) is 35.4 Å². The Kier molecular flexibility index (Phi) is 6.24. The van der Waals surface area contributed by atoms with E-state index in [-0.39, 0.29) is 11.8 Å². The lowest BCUT2D eigenvalue weighted by Crippen LogP contribution is -2.14. The van der Waals surface area contributed by atoms with Crippen molar-refractivity contribution in [3.8, 4) is 11.1 Å². The van der Waals surface area contributed by atoms with Crippen LogP contribution in [0.4, 0.5) is 5.82 Å². The number of carbonyl (C=O) groups excluding carboxylic acids is 1. The van der Waals surface area contributed by atoms with Crippen LogP contribution < -0.4 is 5.32 Å². The maximum Gasteiger partial charge on any atom is 0.258 e. The fourth-order valence-corrected chi connectivity index (χ4v) is 3.06. The Hall–Kier alpha value is -3.67. The minimum atomic E-state index is -0.235. The summed E-state index contributed by atoms with van der Waals surface area (Å²) >= 11 is 0. The molecule has 2 heterocycles. The SMILES string of the molecule is CN=CC(C=N)c1ccc(C)c(-c2ccc(NC(=O)c3cnccc3C)nc2)c1. The number of hydrogen-bond acceptors (Lipinski definition) is 5. The first-order chi connectivity index (χ1) is 14.0. The van der Waals surface area contributed by atoms with E-state index >= 15 is 0 Å². The molecule has 6 nitrogen and oxygen atoms in total. The van der Waals surface area contributed by atoms with Crippen molar-refractivity contribution in [1.29, 1.82) is 5.41 Å². The van der Waals surface area contributed by atoms with E-state index in [1.807, 2.05) is 32.0 Å². The van der Waals surface area contributed by atoms with Gasteiger partial charge in [0.1, 0.15) is 5.82 Å². The van der Waals surface area contributed by atoms with Crippen LogP contribution in [0, 0.1) is 19.3 Å². The predicted octanol–water partition coefficient (Wildman–Crippen LogP) is 4.45. The van der Waals surface area contributed by atoms with Gasteiger partial charge in [-0.15, -0.1) is 0 Å². The first-order valence-electron chi connectivity index (χ1n) is 9.25. The molecule has 6 heteroatoms. The van der Waals surface area contributed by atoms with Gasteiger partial charge in [0.15, 0.2) is 0 Å². The minimum absolute atomic E-state index is 0.159. The van der Waals surface area contributed by atoms with Crippen molar-refractivity contribution in [2.45, 2.75) is 19.8 Å². The number of rotatable bonds is 6. The normalized spacial score (nSPS) is 12.0. The molecular formula is C23H23N5O. The molecule has 0 spiro atoms. The van der Waals surface area contributed by atoms with E-state index in [1.165, 1.54) is 6.21 Å². The Balaban J connectivity index is 1.84. The van der Waals surface area contributed by atoms with Crippen molar-refractivity contribution in [3.63, 3.8) is 0 Å². The molecule has 0 radical (unpaired) electrons. The second-order valence-corrected chi connectivity index (χ2v) is 6.75. The molecule has 0 aliphatic rings. The number of nitrogens with zero attached hydrogens (tertiary/aromatic N) is 3. The molecule has 0 fully saturated rings. The molecule has 0 bridgehead atoms. The van der Waals surface area contributed by atoms with Crippen LogP contribution in [0.2, 0.25) is 0 Å². The van der Waals surface area contributed by atoms with Gasteiger partial charge in [-0.3, -0.25) is 14.8 Å². The summed E-state index contributed by atoms with van der Waals surface area (Å²) in [7, 11) is 1.70. The number of nitrogens with one attached hydrogen (secondary N) is 2. The van der Waals surface area contributed by atoms with Crippen molar-refractivity contribution in [2.75, 3.05) is 12.4 Å². The Bertz CT molecular complexity index is 1060. The van der Waals surface area contributed by atoms with Gasteiger partial charge in [-0.25, -0.2) is 4.98 Å². The number of aryl methyl sites for hydroxylation is 2. The summed E-state index contributed by atoms with van der Waals surface area (Å²) in [6, 6.07) is 11.6. The van der Waals surface area contributed by atoms with Gasteiger partial charge in [-0.2, -0.15) is 0 Å². The van der Waals surface area contributed by atoms with E-state index in [0.29, 0.717) is 11.4 Å². The third-order valence-corrected chi connectivity index (χ3v) is 4.74. The zero-order valence-electron chi connectivity index (χ0n) is 16.7. The van der Waals surface area contributed by atoms with Gasteiger partial charge >= 0.3 is 0 Å². The standard InChI is InChI=1S/C23H23N5O/c1-15-4-5-17(19(11-24)12-25-3)10-20(15)18-6-7-22(27-13-18)28-23(29)21-14-26-9-8-16(21)2/h4-14,19,24H,1-3H3,(H,27,28,29). The highest BCUT2D eigenvalue weighted by molar-refractivity contribution is 6.04. The smallest absolute Gasteiger partial charge is 0.258 e. The predicted molar refractivity (Wildman–Crippen MR) is 117 cm³/mol. The lowest BCUT2D eigenvalue weighted by Gasteiger charge is -2.12. The van der Waals surface area contributed by atoms with Gasteiger partial charge in [0, 0.05) is 43.6 Å². The Morgan fingerprint density at radius 1 is 1.14 bits per heavy atom. The van der Waals surface area contributed by atoms with Gasteiger partial charge in [0.25, 0.3) is 5.91 Å². The topological polar surface area (TPSA) is 91.1 Å². The van der Waals surface area contributed by atoms with Gasteiger partial charge in [0.05, 0.1) is 11.5 Å². The van der Waals surface area contributed by atoms with Crippen LogP contribution in [0.5, 0.6) is 0 Å². The summed E-state index contributed by atoms with van der Waals surface area (Å²) in [5.41, 5.74) is 5.46. The lowest BCUT2D eigenvalue weighted by atomic mass is 9.94. The zero-order valence-corrected chi connectivity index (χ0v) is 16.7. The van der Waals surface area contributed by atoms with E-state index in [0.717, 1.165) is 27.8 Å². The summed E-state index contributed by atoms with van der Waals surface area (Å²) in [6.07, 6.45) is 8.07. The van der Waals surface area contributed by atoms with Crippen LogP contribution in [0.25, 0.3) is 11.1 Å². The Morgan fingerprint density at radius 2 is 1.97 bits per heavy atom. The summed E-state index contributed by atoms with van der Waals surface area (Å²) in [4.78, 5) is 24.9. The number of carbonyl (C=O) groups is 1. The number of anilines is 1. The molecule has 1 amide bonds. The molecule has 1 unspecified atom stereocenters. The highest BCUT2D eigenvalue weighted by Crippen LogP contribution is 2.27. The second-order valence-electron chi connectivity index (χ2n) is 6.75. The van der Waals surface area contributed by atoms with Crippen LogP contribution in [-0.2, 0) is 0 Å². The highest BCUT2D eigenvalue weighted by atomic mass is 16.1. The Morgan fingerprint density at radius 3 is 2.62 bits per heavy atom. The lowest BCUT2D eigenvalue weighted by molar-refractivity contribution is 0.102. The number of hydrogen-bond donors (Lipinski definition) is 2. The van der Waals surface area contributed by atoms with Crippen LogP contribution in [0.3, 0.4) is 0 Å². The monoisotopic (exact) mass is 385 g/mol. The molecule has 3 aromatic rings. The van der Waals surface area contributed by atoms with Crippen LogP contribution >= 0.6 is 0 Å². The first-order valence-corrected chi connectivity index (χ1v) is 9.25. The summed E-state index contributed by atoms with van der Waals surface area (Å²) in [6.45, 7) is 3.90. The molecule has 1 atom stereocenters. The quantitative estimate of drug-likeness (QED) is 0.614. The zero-order chi connectivity index (χ0) is 20.8. The molecule has 2 N–H and O–H groups in total. The van der Waals surface area contributed by atoms with Crippen molar-refractivity contribution in [3.05, 3.63) is 77.2 Å². The average molecular weight is 385 g/mol. The van der Waals surface area contributed by atoms with Crippen molar-refractivity contribution in [1.82, 2.24) is 9.97 Å². The van der Waals surface area contributed by atoms with Crippen molar-refractivity contribution in [2.24, 2.45) is 4.99 Å². The third kappa shape index (κ3) is 4.60. The number of amides is 1. The largest absolute Gasteiger partial charge is 0.312 e. The van der Waals surface area contributed by atoms with E-state index in [9.17, 15) is 4.79 Å². The summed E-state index contributed by atoms with van der Waals surface area (Å²) in [5.74, 6) is 0.0848. The van der Waals surface area contributed by atoms with Crippen molar-refractivity contribution < 1.29 is 4.79 Å². The van der Waals surface area contributed by atoms with Crippen molar-refractivity contribution >= 4 is 24.2 Å². The van der Waals surface area contributed by atoms with Gasteiger partial charge in [-0.05, 0) is 60.4 Å². The fourth-order valence-electron chi connectivity index (χ4n) is 3.06. The maximum absolute atomic E-state index is 12.4. The molecule has 2 aromatic heterocycles. The molecule has 29 heavy (non-hydrogen) atoms. The molecule has 1 aromatic carbocycles. The van der Waals surface area contributed by atoms with E-state index < -0.39 is 0 Å². The summed E-state index contributed by atoms with van der Waals surface area (Å²) < 4.78 is 0.